The molecule has 0 unspecified atom stereocenters. The van der Waals surface area contributed by atoms with Gasteiger partial charge in [-0.3, -0.25) is 9.69 Å². The summed E-state index contributed by atoms with van der Waals surface area (Å²) in [5, 5.41) is 0.312. The first-order valence-corrected chi connectivity index (χ1v) is 10.3. The molecule has 150 valence electrons. The predicted molar refractivity (Wildman–Crippen MR) is 113 cm³/mol. The highest BCUT2D eigenvalue weighted by Crippen LogP contribution is 2.19. The molecular formula is C21H28ClN5O. The Balaban J connectivity index is 1.58. The third-order valence-electron chi connectivity index (χ3n) is 5.20. The monoisotopic (exact) mass is 401 g/mol. The van der Waals surface area contributed by atoms with Crippen LogP contribution in [-0.4, -0.2) is 71.5 Å². The lowest BCUT2D eigenvalue weighted by molar-refractivity contribution is 0.0633. The zero-order valence-electron chi connectivity index (χ0n) is 16.6. The summed E-state index contributed by atoms with van der Waals surface area (Å²) in [4.78, 5) is 28.0. The van der Waals surface area contributed by atoms with Gasteiger partial charge >= 0.3 is 0 Å². The van der Waals surface area contributed by atoms with E-state index in [-0.39, 0.29) is 5.91 Å². The summed E-state index contributed by atoms with van der Waals surface area (Å²) in [6.45, 7) is 9.76. The first-order valence-electron chi connectivity index (χ1n) is 9.95. The van der Waals surface area contributed by atoms with Gasteiger partial charge in [0.05, 0.1) is 11.2 Å². The summed E-state index contributed by atoms with van der Waals surface area (Å²) in [6, 6.07) is 10.5. The maximum Gasteiger partial charge on any atom is 0.274 e. The minimum absolute atomic E-state index is 0.108. The van der Waals surface area contributed by atoms with Crippen molar-refractivity contribution in [1.29, 1.82) is 0 Å². The minimum Gasteiger partial charge on any atom is -0.341 e. The Bertz CT molecular complexity index is 774. The van der Waals surface area contributed by atoms with E-state index in [1.807, 2.05) is 29.7 Å². The van der Waals surface area contributed by atoms with E-state index in [1.165, 1.54) is 11.8 Å². The molecule has 1 aromatic heterocycles. The Morgan fingerprint density at radius 3 is 2.43 bits per heavy atom. The quantitative estimate of drug-likeness (QED) is 0.713. The Morgan fingerprint density at radius 1 is 1.11 bits per heavy atom. The van der Waals surface area contributed by atoms with Crippen LogP contribution >= 0.6 is 11.6 Å². The molecule has 0 bridgehead atoms. The van der Waals surface area contributed by atoms with Crippen molar-refractivity contribution < 1.29 is 4.79 Å². The molecule has 0 atom stereocenters. The van der Waals surface area contributed by atoms with E-state index in [4.69, 9.17) is 11.6 Å². The summed E-state index contributed by atoms with van der Waals surface area (Å²) in [5.41, 5.74) is 1.65. The Hall–Kier alpha value is -2.18. The van der Waals surface area contributed by atoms with Gasteiger partial charge in [-0.2, -0.15) is 0 Å². The van der Waals surface area contributed by atoms with Crippen molar-refractivity contribution in [3.8, 4) is 0 Å². The van der Waals surface area contributed by atoms with Crippen LogP contribution in [0.5, 0.6) is 0 Å². The number of carbonyl (C=O) groups excluding carboxylic acids is 1. The normalized spacial score (nSPS) is 14.9. The molecule has 1 amide bonds. The fourth-order valence-corrected chi connectivity index (χ4v) is 3.59. The van der Waals surface area contributed by atoms with Crippen molar-refractivity contribution in [2.24, 2.45) is 0 Å². The van der Waals surface area contributed by atoms with Gasteiger partial charge in [-0.25, -0.2) is 9.97 Å². The highest BCUT2D eigenvalue weighted by molar-refractivity contribution is 6.33. The zero-order valence-corrected chi connectivity index (χ0v) is 17.4. The number of piperazine rings is 1. The molecule has 1 aromatic carbocycles. The van der Waals surface area contributed by atoms with Crippen LogP contribution in [0.3, 0.4) is 0 Å². The summed E-state index contributed by atoms with van der Waals surface area (Å²) >= 11 is 6.25. The van der Waals surface area contributed by atoms with E-state index in [1.54, 1.807) is 0 Å². The molecule has 2 aromatic rings. The number of nitrogens with zero attached hydrogens (tertiary/aromatic N) is 5. The first kappa shape index (κ1) is 20.6. The Morgan fingerprint density at radius 2 is 1.79 bits per heavy atom. The number of hydrogen-bond donors (Lipinski definition) is 0. The predicted octanol–water partition coefficient (Wildman–Crippen LogP) is 2.98. The molecule has 0 aliphatic carbocycles. The number of hydrogen-bond acceptors (Lipinski definition) is 5. The number of rotatable bonds is 7. The second-order valence-corrected chi connectivity index (χ2v) is 7.32. The van der Waals surface area contributed by atoms with E-state index in [0.29, 0.717) is 29.8 Å². The van der Waals surface area contributed by atoms with Crippen LogP contribution < -0.4 is 4.90 Å². The van der Waals surface area contributed by atoms with Crippen LogP contribution in [-0.2, 0) is 6.42 Å². The summed E-state index contributed by atoms with van der Waals surface area (Å²) in [7, 11) is 0. The highest BCUT2D eigenvalue weighted by Gasteiger charge is 2.25. The SMILES string of the molecule is CCN(CC)c1ncc(Cl)c(C(=O)N2CCN(CCc3ccccc3)CC2)n1. The fraction of sp³-hybridized carbons (Fsp3) is 0.476. The third-order valence-corrected chi connectivity index (χ3v) is 5.48. The van der Waals surface area contributed by atoms with Crippen molar-refractivity contribution >= 4 is 23.5 Å². The van der Waals surface area contributed by atoms with Gasteiger partial charge in [-0.15, -0.1) is 0 Å². The molecule has 0 radical (unpaired) electrons. The average molecular weight is 402 g/mol. The van der Waals surface area contributed by atoms with Crippen LogP contribution in [0.2, 0.25) is 5.02 Å². The van der Waals surface area contributed by atoms with Gasteiger partial charge in [0.2, 0.25) is 5.95 Å². The lowest BCUT2D eigenvalue weighted by Crippen LogP contribution is -2.49. The molecule has 1 saturated heterocycles. The molecule has 1 fully saturated rings. The fourth-order valence-electron chi connectivity index (χ4n) is 3.42. The van der Waals surface area contributed by atoms with E-state index < -0.39 is 0 Å². The molecular weight excluding hydrogens is 374 g/mol. The number of halogens is 1. The second kappa shape index (κ2) is 9.85. The number of amides is 1. The summed E-state index contributed by atoms with van der Waals surface area (Å²) < 4.78 is 0. The largest absolute Gasteiger partial charge is 0.341 e. The molecule has 3 rings (SSSR count). The molecule has 0 spiro atoms. The van der Waals surface area contributed by atoms with Crippen LogP contribution in [0.1, 0.15) is 29.9 Å². The van der Waals surface area contributed by atoms with Gasteiger partial charge in [0.25, 0.3) is 5.91 Å². The van der Waals surface area contributed by atoms with Crippen LogP contribution in [0.4, 0.5) is 5.95 Å². The minimum atomic E-state index is -0.108. The van der Waals surface area contributed by atoms with Gasteiger partial charge in [0.15, 0.2) is 5.69 Å². The molecule has 28 heavy (non-hydrogen) atoms. The molecule has 6 nitrogen and oxygen atoms in total. The van der Waals surface area contributed by atoms with Gasteiger partial charge < -0.3 is 9.80 Å². The first-order chi connectivity index (χ1) is 13.6. The topological polar surface area (TPSA) is 52.6 Å². The number of anilines is 1. The lowest BCUT2D eigenvalue weighted by atomic mass is 10.1. The number of benzene rings is 1. The second-order valence-electron chi connectivity index (χ2n) is 6.91. The molecule has 0 N–H and O–H groups in total. The van der Waals surface area contributed by atoms with Crippen LogP contribution in [0.15, 0.2) is 36.5 Å². The van der Waals surface area contributed by atoms with Gasteiger partial charge in [-0.1, -0.05) is 41.9 Å². The Kier molecular flexibility index (Phi) is 7.23. The van der Waals surface area contributed by atoms with Crippen molar-refractivity contribution in [2.75, 3.05) is 50.7 Å². The zero-order chi connectivity index (χ0) is 19.9. The molecule has 2 heterocycles. The van der Waals surface area contributed by atoms with E-state index in [2.05, 4.69) is 39.1 Å². The average Bonchev–Trinajstić information content (AvgIpc) is 2.75. The molecule has 7 heteroatoms. The maximum atomic E-state index is 13.0. The maximum absolute atomic E-state index is 13.0. The van der Waals surface area contributed by atoms with Crippen molar-refractivity contribution in [1.82, 2.24) is 19.8 Å². The molecule has 0 saturated carbocycles. The van der Waals surface area contributed by atoms with Crippen molar-refractivity contribution in [3.05, 3.63) is 52.8 Å². The van der Waals surface area contributed by atoms with E-state index in [0.717, 1.165) is 39.1 Å². The van der Waals surface area contributed by atoms with Crippen molar-refractivity contribution in [2.45, 2.75) is 20.3 Å². The van der Waals surface area contributed by atoms with Crippen LogP contribution in [0, 0.1) is 0 Å². The van der Waals surface area contributed by atoms with Crippen molar-refractivity contribution in [3.63, 3.8) is 0 Å². The van der Waals surface area contributed by atoms with E-state index in [9.17, 15) is 4.79 Å². The van der Waals surface area contributed by atoms with Gasteiger partial charge in [0.1, 0.15) is 0 Å². The number of carbonyl (C=O) groups is 1. The standard InChI is InChI=1S/C21H28ClN5O/c1-3-26(4-2)21-23-16-18(22)19(24-21)20(28)27-14-12-25(13-15-27)11-10-17-8-6-5-7-9-17/h5-9,16H,3-4,10-15H2,1-2H3. The Labute approximate surface area is 172 Å². The van der Waals surface area contributed by atoms with Gasteiger partial charge in [-0.05, 0) is 25.8 Å². The summed E-state index contributed by atoms with van der Waals surface area (Å²) in [5.74, 6) is 0.447. The third kappa shape index (κ3) is 5.00. The summed E-state index contributed by atoms with van der Waals surface area (Å²) in [6.07, 6.45) is 2.56. The number of aromatic nitrogens is 2. The van der Waals surface area contributed by atoms with E-state index >= 15 is 0 Å². The van der Waals surface area contributed by atoms with Gasteiger partial charge in [0, 0.05) is 45.8 Å². The molecule has 1 aliphatic rings. The smallest absolute Gasteiger partial charge is 0.274 e. The van der Waals surface area contributed by atoms with Crippen LogP contribution in [0.25, 0.3) is 0 Å². The molecule has 1 aliphatic heterocycles. The highest BCUT2D eigenvalue weighted by atomic mass is 35.5. The lowest BCUT2D eigenvalue weighted by Gasteiger charge is -2.34.